The first-order chi connectivity index (χ1) is 8.90. The maximum atomic E-state index is 11.3. The van der Waals surface area contributed by atoms with Gasteiger partial charge in [0.2, 0.25) is 0 Å². The zero-order valence-corrected chi connectivity index (χ0v) is 12.2. The summed E-state index contributed by atoms with van der Waals surface area (Å²) in [5.41, 5.74) is 1.22. The first kappa shape index (κ1) is 15.5. The van der Waals surface area contributed by atoms with E-state index < -0.39 is 0 Å². The number of carbonyl (C=O) groups excluding carboxylic acids is 1. The summed E-state index contributed by atoms with van der Waals surface area (Å²) in [6.45, 7) is 9.73. The molecule has 0 unspecified atom stereocenters. The van der Waals surface area contributed by atoms with Crippen molar-refractivity contribution in [3.05, 3.63) is 29.8 Å². The molecule has 4 nitrogen and oxygen atoms in total. The van der Waals surface area contributed by atoms with E-state index in [0.717, 1.165) is 17.9 Å². The van der Waals surface area contributed by atoms with Crippen molar-refractivity contribution >= 4 is 5.91 Å². The Kier molecular flexibility index (Phi) is 5.83. The molecule has 1 aromatic carbocycles. The summed E-state index contributed by atoms with van der Waals surface area (Å²) < 4.78 is 5.45. The number of benzene rings is 1. The van der Waals surface area contributed by atoms with Crippen LogP contribution < -0.4 is 15.4 Å². The molecule has 2 N–H and O–H groups in total. The van der Waals surface area contributed by atoms with Gasteiger partial charge in [-0.15, -0.1) is 0 Å². The predicted octanol–water partition coefficient (Wildman–Crippen LogP) is 2.09. The van der Waals surface area contributed by atoms with Gasteiger partial charge in [-0.05, 0) is 45.4 Å². The van der Waals surface area contributed by atoms with Crippen LogP contribution in [-0.4, -0.2) is 24.6 Å². The largest absolute Gasteiger partial charge is 0.484 e. The molecule has 4 heteroatoms. The van der Waals surface area contributed by atoms with Crippen molar-refractivity contribution in [2.24, 2.45) is 0 Å². The normalized spacial score (nSPS) is 11.2. The Morgan fingerprint density at radius 2 is 2.05 bits per heavy atom. The van der Waals surface area contributed by atoms with Crippen molar-refractivity contribution in [1.29, 1.82) is 0 Å². The highest BCUT2D eigenvalue weighted by Gasteiger charge is 2.08. The summed E-state index contributed by atoms with van der Waals surface area (Å²) in [7, 11) is 0. The van der Waals surface area contributed by atoms with Gasteiger partial charge in [-0.2, -0.15) is 0 Å². The molecule has 0 heterocycles. The van der Waals surface area contributed by atoms with E-state index in [1.807, 2.05) is 31.2 Å². The van der Waals surface area contributed by atoms with Gasteiger partial charge in [-0.1, -0.05) is 12.1 Å². The predicted molar refractivity (Wildman–Crippen MR) is 77.2 cm³/mol. The third-order valence-electron chi connectivity index (χ3n) is 2.47. The van der Waals surface area contributed by atoms with Crippen LogP contribution in [0.1, 0.15) is 33.3 Å². The third kappa shape index (κ3) is 6.82. The van der Waals surface area contributed by atoms with Crippen LogP contribution in [0.2, 0.25) is 0 Å². The molecule has 0 fully saturated rings. The average Bonchev–Trinajstić information content (AvgIpc) is 2.34. The number of hydrogen-bond acceptors (Lipinski definition) is 3. The quantitative estimate of drug-likeness (QED) is 0.827. The smallest absolute Gasteiger partial charge is 0.257 e. The molecule has 1 amide bonds. The zero-order valence-electron chi connectivity index (χ0n) is 12.2. The van der Waals surface area contributed by atoms with Gasteiger partial charge in [0, 0.05) is 18.6 Å². The van der Waals surface area contributed by atoms with Crippen molar-refractivity contribution in [3.8, 4) is 5.75 Å². The molecule has 0 radical (unpaired) electrons. The molecule has 106 valence electrons. The van der Waals surface area contributed by atoms with Crippen molar-refractivity contribution in [2.75, 3.05) is 13.2 Å². The van der Waals surface area contributed by atoms with E-state index in [0.29, 0.717) is 6.54 Å². The van der Waals surface area contributed by atoms with Gasteiger partial charge in [0.15, 0.2) is 6.61 Å². The second-order valence-corrected chi connectivity index (χ2v) is 5.49. The molecule has 0 atom stereocenters. The van der Waals surface area contributed by atoms with Crippen LogP contribution >= 0.6 is 0 Å². The fraction of sp³-hybridized carbons (Fsp3) is 0.533. The monoisotopic (exact) mass is 264 g/mol. The second kappa shape index (κ2) is 7.14. The maximum Gasteiger partial charge on any atom is 0.257 e. The first-order valence-electron chi connectivity index (χ1n) is 6.64. The highest BCUT2D eigenvalue weighted by molar-refractivity contribution is 5.77. The van der Waals surface area contributed by atoms with Crippen molar-refractivity contribution in [2.45, 2.75) is 39.8 Å². The summed E-state index contributed by atoms with van der Waals surface area (Å²) in [5.74, 6) is 0.625. The van der Waals surface area contributed by atoms with Crippen molar-refractivity contribution < 1.29 is 9.53 Å². The standard InChI is InChI=1S/C15H24N2O2/c1-5-16-14(18)11-19-13-8-6-7-12(9-13)10-17-15(2,3)4/h6-9,17H,5,10-11H2,1-4H3,(H,16,18). The molecule has 0 aromatic heterocycles. The number of ether oxygens (including phenoxy) is 1. The molecule has 0 saturated heterocycles. The van der Waals surface area contributed by atoms with Crippen LogP contribution in [0.15, 0.2) is 24.3 Å². The molecule has 0 bridgehead atoms. The number of hydrogen-bond donors (Lipinski definition) is 2. The number of rotatable bonds is 6. The average molecular weight is 264 g/mol. The molecule has 0 spiro atoms. The van der Waals surface area contributed by atoms with Crippen LogP contribution in [0.5, 0.6) is 5.75 Å². The minimum atomic E-state index is -0.0966. The lowest BCUT2D eigenvalue weighted by atomic mass is 10.1. The number of likely N-dealkylation sites (N-methyl/N-ethyl adjacent to an activating group) is 1. The van der Waals surface area contributed by atoms with Crippen LogP contribution in [-0.2, 0) is 11.3 Å². The lowest BCUT2D eigenvalue weighted by Gasteiger charge is -2.20. The highest BCUT2D eigenvalue weighted by atomic mass is 16.5. The number of carbonyl (C=O) groups is 1. The van der Waals surface area contributed by atoms with Crippen LogP contribution in [0.4, 0.5) is 0 Å². The Labute approximate surface area is 115 Å². The Morgan fingerprint density at radius 3 is 2.68 bits per heavy atom. The van der Waals surface area contributed by atoms with E-state index in [4.69, 9.17) is 4.74 Å². The van der Waals surface area contributed by atoms with Gasteiger partial charge in [0.25, 0.3) is 5.91 Å². The van der Waals surface area contributed by atoms with Crippen molar-refractivity contribution in [3.63, 3.8) is 0 Å². The topological polar surface area (TPSA) is 50.4 Å². The second-order valence-electron chi connectivity index (χ2n) is 5.49. The van der Waals surface area contributed by atoms with Crippen LogP contribution in [0.3, 0.4) is 0 Å². The van der Waals surface area contributed by atoms with Crippen molar-refractivity contribution in [1.82, 2.24) is 10.6 Å². The molecule has 0 saturated carbocycles. The zero-order chi connectivity index (χ0) is 14.3. The minimum Gasteiger partial charge on any atom is -0.484 e. The maximum absolute atomic E-state index is 11.3. The highest BCUT2D eigenvalue weighted by Crippen LogP contribution is 2.14. The number of nitrogens with one attached hydrogen (secondary N) is 2. The molecular formula is C15H24N2O2. The lowest BCUT2D eigenvalue weighted by molar-refractivity contribution is -0.122. The lowest BCUT2D eigenvalue weighted by Crippen LogP contribution is -2.35. The molecule has 0 aliphatic rings. The van der Waals surface area contributed by atoms with Gasteiger partial charge in [0.1, 0.15) is 5.75 Å². The van der Waals surface area contributed by atoms with E-state index in [-0.39, 0.29) is 18.1 Å². The van der Waals surface area contributed by atoms with Gasteiger partial charge in [-0.25, -0.2) is 0 Å². The van der Waals surface area contributed by atoms with E-state index >= 15 is 0 Å². The summed E-state index contributed by atoms with van der Waals surface area (Å²) in [6, 6.07) is 7.79. The van der Waals surface area contributed by atoms with E-state index in [2.05, 4.69) is 31.4 Å². The summed E-state index contributed by atoms with van der Waals surface area (Å²) in [4.78, 5) is 11.3. The van der Waals surface area contributed by atoms with Gasteiger partial charge < -0.3 is 15.4 Å². The van der Waals surface area contributed by atoms with Crippen LogP contribution in [0.25, 0.3) is 0 Å². The Hall–Kier alpha value is -1.55. The summed E-state index contributed by atoms with van der Waals surface area (Å²) in [6.07, 6.45) is 0. The summed E-state index contributed by atoms with van der Waals surface area (Å²) in [5, 5.41) is 6.11. The SMILES string of the molecule is CCNC(=O)COc1cccc(CNC(C)(C)C)c1. The van der Waals surface area contributed by atoms with E-state index in [1.165, 1.54) is 0 Å². The molecule has 19 heavy (non-hydrogen) atoms. The molecule has 0 aliphatic heterocycles. The van der Waals surface area contributed by atoms with Gasteiger partial charge in [0.05, 0.1) is 0 Å². The molecule has 1 aromatic rings. The molecular weight excluding hydrogens is 240 g/mol. The molecule has 0 aliphatic carbocycles. The Morgan fingerprint density at radius 1 is 1.32 bits per heavy atom. The minimum absolute atomic E-state index is 0.0595. The van der Waals surface area contributed by atoms with E-state index in [9.17, 15) is 4.79 Å². The Balaban J connectivity index is 2.50. The number of amides is 1. The summed E-state index contributed by atoms with van der Waals surface area (Å²) >= 11 is 0. The third-order valence-corrected chi connectivity index (χ3v) is 2.47. The molecule has 1 rings (SSSR count). The Bertz CT molecular complexity index is 411. The fourth-order valence-corrected chi connectivity index (χ4v) is 1.51. The fourth-order valence-electron chi connectivity index (χ4n) is 1.51. The van der Waals surface area contributed by atoms with Gasteiger partial charge in [-0.3, -0.25) is 4.79 Å². The first-order valence-corrected chi connectivity index (χ1v) is 6.64. The van der Waals surface area contributed by atoms with Crippen LogP contribution in [0, 0.1) is 0 Å². The van der Waals surface area contributed by atoms with Gasteiger partial charge >= 0.3 is 0 Å². The van der Waals surface area contributed by atoms with E-state index in [1.54, 1.807) is 0 Å².